The predicted octanol–water partition coefficient (Wildman–Crippen LogP) is 5.14. The second kappa shape index (κ2) is 18.3. The summed E-state index contributed by atoms with van der Waals surface area (Å²) in [5.41, 5.74) is 5.51. The van der Waals surface area contributed by atoms with Gasteiger partial charge in [0, 0.05) is 26.4 Å². The summed E-state index contributed by atoms with van der Waals surface area (Å²) < 4.78 is 8.25. The number of benzene rings is 2. The third-order valence-electron chi connectivity index (χ3n) is 3.65. The van der Waals surface area contributed by atoms with Crippen molar-refractivity contribution in [2.75, 3.05) is 6.61 Å². The summed E-state index contributed by atoms with van der Waals surface area (Å²) in [6, 6.07) is 19.3. The zero-order valence-electron chi connectivity index (χ0n) is 15.7. The van der Waals surface area contributed by atoms with Crippen LogP contribution < -0.4 is 0 Å². The second-order valence-electron chi connectivity index (χ2n) is 5.49. The van der Waals surface area contributed by atoms with Crippen LogP contribution in [0.2, 0.25) is 19.1 Å². The number of halogens is 2. The van der Waals surface area contributed by atoms with E-state index in [2.05, 4.69) is 62.5 Å². The molecule has 0 amide bonds. The molecule has 0 aliphatic heterocycles. The fraction of sp³-hybridized carbons (Fsp3) is 0.316. The third-order valence-corrected chi connectivity index (χ3v) is 4.87. The van der Waals surface area contributed by atoms with E-state index in [1.165, 1.54) is 22.3 Å². The molecule has 0 saturated heterocycles. The predicted molar refractivity (Wildman–Crippen MR) is 115 cm³/mol. The second-order valence-corrected chi connectivity index (χ2v) is 8.40. The molecule has 5 radical (unpaired) electrons. The molecule has 3 rings (SSSR count). The molecule has 1 N–H and O–H groups in total. The van der Waals surface area contributed by atoms with Crippen molar-refractivity contribution < 1.29 is 28.8 Å². The molecule has 2 aromatic carbocycles. The molecule has 1 unspecified atom stereocenters. The standard InChI is InChI=1S/C14H11.C4H11OSi.CH3.2ClH.O.Si.Ti/c1-10-11-6-2-4-8-13(11)14-9-5-3-7-12(10)14;1-6(2)4-3-5;;;;;;/h2-6,8-10H,1H3;5H,3-4H2,1-2H3;1H3;2*1H;;;/q-1;;-1;;;;;+2. The van der Waals surface area contributed by atoms with E-state index < -0.39 is 0 Å². The van der Waals surface area contributed by atoms with Crippen molar-refractivity contribution in [3.8, 4) is 11.1 Å². The largest absolute Gasteiger partial charge is 0 e. The molecule has 0 heterocycles. The number of rotatable bonds is 2. The molecule has 7 heteroatoms. The summed E-state index contributed by atoms with van der Waals surface area (Å²) in [6.07, 6.45) is 0. The van der Waals surface area contributed by atoms with Gasteiger partial charge in [0.15, 0.2) is 0 Å². The van der Waals surface area contributed by atoms with Gasteiger partial charge < -0.3 is 12.5 Å². The number of fused-ring (bicyclic) bond motifs is 3. The van der Waals surface area contributed by atoms with Crippen molar-refractivity contribution in [1.82, 2.24) is 0 Å². The van der Waals surface area contributed by atoms with E-state index >= 15 is 0 Å². The average molecular weight is 462 g/mol. The zero-order valence-corrected chi connectivity index (χ0v) is 20.9. The van der Waals surface area contributed by atoms with Crippen LogP contribution in [0.4, 0.5) is 0 Å². The molecule has 0 saturated carbocycles. The molecule has 141 valence electrons. The average Bonchev–Trinajstić information content (AvgIpc) is 2.84. The Hall–Kier alpha value is -0.0719. The van der Waals surface area contributed by atoms with Gasteiger partial charge in [-0.15, -0.1) is 35.9 Å². The molecule has 0 bridgehead atoms. The van der Waals surface area contributed by atoms with Gasteiger partial charge in [0.1, 0.15) is 0 Å². The van der Waals surface area contributed by atoms with Crippen molar-refractivity contribution in [3.05, 3.63) is 67.1 Å². The molecule has 1 aliphatic rings. The molecule has 0 spiro atoms. The molecule has 0 aromatic heterocycles. The van der Waals surface area contributed by atoms with Gasteiger partial charge in [0.2, 0.25) is 0 Å². The molecular formula is C19H27Cl2O2Si2Ti. The summed E-state index contributed by atoms with van der Waals surface area (Å²) in [4.78, 5) is 0. The Morgan fingerprint density at radius 1 is 1.08 bits per heavy atom. The number of aliphatic hydroxyl groups excluding tert-OH is 1. The molecule has 26 heavy (non-hydrogen) atoms. The molecule has 1 aliphatic carbocycles. The number of hydrogen-bond acceptors (Lipinski definition) is 2. The maximum absolute atomic E-state index is 8.26. The van der Waals surface area contributed by atoms with Crippen LogP contribution in [0.15, 0.2) is 42.5 Å². The third kappa shape index (κ3) is 9.22. The first-order chi connectivity index (χ1) is 10.6. The first kappa shape index (κ1) is 33.5. The zero-order chi connectivity index (χ0) is 16.5. The minimum Gasteiger partial charge on any atom is 0 e. The van der Waals surface area contributed by atoms with Gasteiger partial charge in [-0.3, -0.25) is 0 Å². The van der Waals surface area contributed by atoms with Gasteiger partial charge in [-0.05, 0) is 17.5 Å². The van der Waals surface area contributed by atoms with E-state index in [9.17, 15) is 0 Å². The van der Waals surface area contributed by atoms with Gasteiger partial charge in [0.05, 0.1) is 0 Å². The van der Waals surface area contributed by atoms with E-state index in [0.717, 1.165) is 26.4 Å². The Morgan fingerprint density at radius 3 is 2.12 bits per heavy atom. The van der Waals surface area contributed by atoms with Crippen LogP contribution in [0, 0.1) is 13.5 Å². The summed E-state index contributed by atoms with van der Waals surface area (Å²) in [7, 11) is -0.136. The summed E-state index contributed by atoms with van der Waals surface area (Å²) in [5, 5.41) is 8.26. The Balaban J connectivity index is -0.000000179. The molecule has 0 fully saturated rings. The van der Waals surface area contributed by atoms with Crippen LogP contribution in [-0.2, 0) is 23.7 Å². The van der Waals surface area contributed by atoms with E-state index in [4.69, 9.17) is 8.43 Å². The Labute approximate surface area is 189 Å². The first-order valence-electron chi connectivity index (χ1n) is 7.35. The Kier molecular flexibility index (Phi) is 23.6. The molecule has 1 atom stereocenters. The Bertz CT molecular complexity index is 556. The van der Waals surface area contributed by atoms with Crippen molar-refractivity contribution in [3.63, 3.8) is 0 Å². The fourth-order valence-corrected chi connectivity index (χ4v) is 2.99. The van der Waals surface area contributed by atoms with Crippen LogP contribution in [0.25, 0.3) is 11.1 Å². The summed E-state index contributed by atoms with van der Waals surface area (Å²) in [6.45, 7) is 7.02. The number of hydrogen-bond donors (Lipinski definition) is 1. The van der Waals surface area contributed by atoms with Crippen molar-refractivity contribution in [2.45, 2.75) is 32.0 Å². The van der Waals surface area contributed by atoms with Gasteiger partial charge in [0.25, 0.3) is 0 Å². The fourth-order valence-electron chi connectivity index (χ4n) is 2.54. The van der Waals surface area contributed by atoms with Gasteiger partial charge in [-0.25, -0.2) is 0 Å². The van der Waals surface area contributed by atoms with E-state index in [1.807, 2.05) is 6.07 Å². The smallest absolute Gasteiger partial charge is 0 e. The first-order valence-corrected chi connectivity index (χ1v) is 10.7. The van der Waals surface area contributed by atoms with Gasteiger partial charge in [-0.2, -0.15) is 24.3 Å². The van der Waals surface area contributed by atoms with Crippen molar-refractivity contribution >= 4 is 44.6 Å². The minimum absolute atomic E-state index is 0. The molecule has 2 nitrogen and oxygen atoms in total. The monoisotopic (exact) mass is 461 g/mol. The van der Waals surface area contributed by atoms with E-state index in [0.29, 0.717) is 12.5 Å². The van der Waals surface area contributed by atoms with Crippen molar-refractivity contribution in [1.29, 1.82) is 0 Å². The topological polar surface area (TPSA) is 37.3 Å². The SMILES string of the molecule is CC1c2[c-]cccc2-c2ccccc21.C[Si](C)CCO.Cl.Cl.[CH3-].[O]=[Ti+2].[Si]. The van der Waals surface area contributed by atoms with Crippen LogP contribution in [-0.4, -0.2) is 31.5 Å². The Morgan fingerprint density at radius 2 is 1.62 bits per heavy atom. The number of aliphatic hydroxyl groups is 1. The maximum Gasteiger partial charge on any atom is 0 e. The quantitative estimate of drug-likeness (QED) is 0.496. The van der Waals surface area contributed by atoms with Gasteiger partial charge >= 0.3 is 23.7 Å². The summed E-state index contributed by atoms with van der Waals surface area (Å²) in [5.74, 6) is 0.502. The van der Waals surface area contributed by atoms with Gasteiger partial charge in [-0.1, -0.05) is 49.8 Å². The van der Waals surface area contributed by atoms with Crippen LogP contribution >= 0.6 is 24.8 Å². The normalized spacial score (nSPS) is 12.0. The minimum atomic E-state index is -0.136. The van der Waals surface area contributed by atoms with E-state index in [-0.39, 0.29) is 52.0 Å². The van der Waals surface area contributed by atoms with E-state index in [1.54, 1.807) is 0 Å². The van der Waals surface area contributed by atoms with Crippen LogP contribution in [0.1, 0.15) is 24.0 Å². The maximum atomic E-state index is 8.26. The van der Waals surface area contributed by atoms with Crippen molar-refractivity contribution in [2.24, 2.45) is 0 Å². The molecule has 2 aromatic rings. The summed E-state index contributed by atoms with van der Waals surface area (Å²) >= 11 is 0.750. The van der Waals surface area contributed by atoms with Crippen LogP contribution in [0.3, 0.4) is 0 Å². The molecular weight excluding hydrogens is 435 g/mol. The van der Waals surface area contributed by atoms with Crippen LogP contribution in [0.5, 0.6) is 0 Å².